The molecule has 3 aromatic rings. The first-order chi connectivity index (χ1) is 13.3. The maximum atomic E-state index is 12.2. The number of nitrogens with one attached hydrogen (secondary N) is 1. The summed E-state index contributed by atoms with van der Waals surface area (Å²) >= 11 is 0. The van der Waals surface area contributed by atoms with Crippen molar-refractivity contribution in [3.63, 3.8) is 0 Å². The Balaban J connectivity index is 1.60. The van der Waals surface area contributed by atoms with E-state index in [1.165, 1.54) is 41.2 Å². The van der Waals surface area contributed by atoms with Crippen LogP contribution >= 0.6 is 0 Å². The third-order valence-electron chi connectivity index (χ3n) is 4.03. The van der Waals surface area contributed by atoms with E-state index in [1.807, 2.05) is 30.3 Å². The van der Waals surface area contributed by atoms with Gasteiger partial charge in [0.15, 0.2) is 0 Å². The van der Waals surface area contributed by atoms with E-state index < -0.39 is 10.0 Å². The highest BCUT2D eigenvalue weighted by atomic mass is 32.2. The normalized spacial score (nSPS) is 11.2. The lowest BCUT2D eigenvalue weighted by Gasteiger charge is -2.08. The van der Waals surface area contributed by atoms with Crippen molar-refractivity contribution in [3.05, 3.63) is 82.9 Å². The van der Waals surface area contributed by atoms with E-state index in [1.54, 1.807) is 0 Å². The Morgan fingerprint density at radius 3 is 2.36 bits per heavy atom. The van der Waals surface area contributed by atoms with E-state index in [0.717, 1.165) is 5.56 Å². The van der Waals surface area contributed by atoms with E-state index in [0.29, 0.717) is 5.69 Å². The monoisotopic (exact) mass is 398 g/mol. The highest BCUT2D eigenvalue weighted by Gasteiger charge is 2.10. The van der Waals surface area contributed by atoms with Crippen LogP contribution in [0.5, 0.6) is 0 Å². The van der Waals surface area contributed by atoms with E-state index in [2.05, 4.69) is 10.3 Å². The molecule has 0 aliphatic heterocycles. The molecule has 0 saturated heterocycles. The largest absolute Gasteiger partial charge is 0.350 e. The molecule has 0 radical (unpaired) electrons. The lowest BCUT2D eigenvalue weighted by Crippen LogP contribution is -2.30. The van der Waals surface area contributed by atoms with Gasteiger partial charge in [-0.3, -0.25) is 14.2 Å². The average molecular weight is 398 g/mol. The molecule has 144 valence electrons. The molecule has 0 aliphatic rings. The molecule has 1 amide bonds. The Bertz CT molecular complexity index is 1140. The number of carbonyl (C=O) groups excluding carboxylic acids is 1. The molecule has 1 aromatic heterocycles. The number of aromatic nitrogens is 2. The number of carbonyl (C=O) groups is 1. The summed E-state index contributed by atoms with van der Waals surface area (Å²) in [6.07, 6.45) is 1.44. The Morgan fingerprint density at radius 2 is 1.75 bits per heavy atom. The van der Waals surface area contributed by atoms with Gasteiger partial charge in [-0.1, -0.05) is 30.3 Å². The maximum absolute atomic E-state index is 12.2. The zero-order valence-electron chi connectivity index (χ0n) is 14.8. The Morgan fingerprint density at radius 1 is 1.07 bits per heavy atom. The average Bonchev–Trinajstić information content (AvgIpc) is 2.69. The van der Waals surface area contributed by atoms with E-state index in [9.17, 15) is 18.0 Å². The predicted octanol–water partition coefficient (Wildman–Crippen LogP) is 0.988. The van der Waals surface area contributed by atoms with Crippen LogP contribution in [0.15, 0.2) is 76.7 Å². The van der Waals surface area contributed by atoms with Crippen molar-refractivity contribution in [2.24, 2.45) is 5.14 Å². The summed E-state index contributed by atoms with van der Waals surface area (Å²) < 4.78 is 23.9. The van der Waals surface area contributed by atoms with Gasteiger partial charge in [0.05, 0.1) is 16.9 Å². The fourth-order valence-corrected chi connectivity index (χ4v) is 3.06. The van der Waals surface area contributed by atoms with Crippen molar-refractivity contribution >= 4 is 15.9 Å². The molecule has 0 unspecified atom stereocenters. The number of nitrogens with two attached hydrogens (primary N) is 1. The minimum Gasteiger partial charge on any atom is -0.350 e. The quantitative estimate of drug-likeness (QED) is 0.641. The highest BCUT2D eigenvalue weighted by molar-refractivity contribution is 7.89. The molecule has 0 spiro atoms. The first kappa shape index (κ1) is 19.5. The molecule has 1 heterocycles. The second-order valence-electron chi connectivity index (χ2n) is 6.00. The number of hydrogen-bond donors (Lipinski definition) is 2. The van der Waals surface area contributed by atoms with Crippen LogP contribution in [0.25, 0.3) is 11.3 Å². The van der Waals surface area contributed by atoms with Crippen molar-refractivity contribution in [2.45, 2.75) is 11.4 Å². The molecule has 8 nitrogen and oxygen atoms in total. The zero-order chi connectivity index (χ0) is 20.1. The van der Waals surface area contributed by atoms with Crippen molar-refractivity contribution in [1.29, 1.82) is 0 Å². The first-order valence-electron chi connectivity index (χ1n) is 8.37. The lowest BCUT2D eigenvalue weighted by molar-refractivity contribution is 0.0952. The number of amides is 1. The molecule has 2 aromatic carbocycles. The van der Waals surface area contributed by atoms with Crippen LogP contribution in [0.2, 0.25) is 0 Å². The number of primary sulfonamides is 1. The summed E-state index contributed by atoms with van der Waals surface area (Å²) in [5.41, 5.74) is 1.50. The summed E-state index contributed by atoms with van der Waals surface area (Å²) in [4.78, 5) is 28.6. The standard InChI is InChI=1S/C19H18N4O4S/c20-28(26,27)16-8-6-15(7-9-16)19(25)21-10-11-23-13-22-17(12-18(23)24)14-4-2-1-3-5-14/h1-9,12-13H,10-11H2,(H,21,25)(H2,20,26,27). The third-order valence-corrected chi connectivity index (χ3v) is 4.96. The van der Waals surface area contributed by atoms with Crippen LogP contribution in [0, 0.1) is 0 Å². The smallest absolute Gasteiger partial charge is 0.253 e. The molecular weight excluding hydrogens is 380 g/mol. The first-order valence-corrected chi connectivity index (χ1v) is 9.92. The Labute approximate surface area is 161 Å². The van der Waals surface area contributed by atoms with Gasteiger partial charge in [-0.15, -0.1) is 0 Å². The van der Waals surface area contributed by atoms with Crippen LogP contribution in [0.1, 0.15) is 10.4 Å². The van der Waals surface area contributed by atoms with Gasteiger partial charge < -0.3 is 5.32 Å². The highest BCUT2D eigenvalue weighted by Crippen LogP contribution is 2.13. The summed E-state index contributed by atoms with van der Waals surface area (Å²) in [6, 6.07) is 16.1. The molecule has 0 fully saturated rings. The Kier molecular flexibility index (Phi) is 5.67. The molecule has 28 heavy (non-hydrogen) atoms. The summed E-state index contributed by atoms with van der Waals surface area (Å²) in [6.45, 7) is 0.462. The van der Waals surface area contributed by atoms with E-state index in [-0.39, 0.29) is 35.0 Å². The minimum absolute atomic E-state index is 0.0693. The topological polar surface area (TPSA) is 124 Å². The van der Waals surface area contributed by atoms with Crippen molar-refractivity contribution in [1.82, 2.24) is 14.9 Å². The zero-order valence-corrected chi connectivity index (χ0v) is 15.6. The van der Waals surface area contributed by atoms with Crippen LogP contribution < -0.4 is 16.0 Å². The molecule has 0 saturated carbocycles. The number of sulfonamides is 1. The Hall–Kier alpha value is -3.30. The van der Waals surface area contributed by atoms with E-state index in [4.69, 9.17) is 5.14 Å². The van der Waals surface area contributed by atoms with Gasteiger partial charge in [0.2, 0.25) is 10.0 Å². The second kappa shape index (κ2) is 8.15. The van der Waals surface area contributed by atoms with Gasteiger partial charge in [0, 0.05) is 30.3 Å². The van der Waals surface area contributed by atoms with Crippen LogP contribution in [0.3, 0.4) is 0 Å². The molecule has 9 heteroatoms. The van der Waals surface area contributed by atoms with Gasteiger partial charge >= 0.3 is 0 Å². The molecule has 0 bridgehead atoms. The van der Waals surface area contributed by atoms with Gasteiger partial charge in [-0.25, -0.2) is 18.5 Å². The fraction of sp³-hybridized carbons (Fsp3) is 0.105. The summed E-state index contributed by atoms with van der Waals surface area (Å²) in [5, 5.41) is 7.69. The molecule has 0 atom stereocenters. The third kappa shape index (κ3) is 4.70. The second-order valence-corrected chi connectivity index (χ2v) is 7.56. The van der Waals surface area contributed by atoms with Crippen LogP contribution in [-0.4, -0.2) is 30.4 Å². The maximum Gasteiger partial charge on any atom is 0.253 e. The van der Waals surface area contributed by atoms with Gasteiger partial charge in [-0.2, -0.15) is 0 Å². The summed E-state index contributed by atoms with van der Waals surface area (Å²) in [5.74, 6) is -0.386. The molecule has 0 aliphatic carbocycles. The van der Waals surface area contributed by atoms with Gasteiger partial charge in [0.25, 0.3) is 11.5 Å². The summed E-state index contributed by atoms with van der Waals surface area (Å²) in [7, 11) is -3.80. The number of rotatable bonds is 6. The van der Waals surface area contributed by atoms with Crippen LogP contribution in [0.4, 0.5) is 0 Å². The number of hydrogen-bond acceptors (Lipinski definition) is 5. The van der Waals surface area contributed by atoms with Crippen LogP contribution in [-0.2, 0) is 16.6 Å². The minimum atomic E-state index is -3.80. The van der Waals surface area contributed by atoms with Gasteiger partial charge in [0.1, 0.15) is 0 Å². The van der Waals surface area contributed by atoms with Gasteiger partial charge in [-0.05, 0) is 24.3 Å². The SMILES string of the molecule is NS(=O)(=O)c1ccc(C(=O)NCCn2cnc(-c3ccccc3)cc2=O)cc1. The fourth-order valence-electron chi connectivity index (χ4n) is 2.55. The van der Waals surface area contributed by atoms with Crippen molar-refractivity contribution < 1.29 is 13.2 Å². The lowest BCUT2D eigenvalue weighted by atomic mass is 10.1. The van der Waals surface area contributed by atoms with Crippen molar-refractivity contribution in [2.75, 3.05) is 6.54 Å². The van der Waals surface area contributed by atoms with E-state index >= 15 is 0 Å². The predicted molar refractivity (Wildman–Crippen MR) is 104 cm³/mol. The number of nitrogens with zero attached hydrogens (tertiary/aromatic N) is 2. The number of benzene rings is 2. The molecule has 3 rings (SSSR count). The van der Waals surface area contributed by atoms with Crippen molar-refractivity contribution in [3.8, 4) is 11.3 Å². The molecule has 3 N–H and O–H groups in total. The molecular formula is C19H18N4O4S.